The van der Waals surface area contributed by atoms with Crippen molar-refractivity contribution in [3.63, 3.8) is 0 Å². The maximum atomic E-state index is 15.4. The molecule has 2 heterocycles. The minimum absolute atomic E-state index is 0.00152. The average molecular weight is 463 g/mol. The summed E-state index contributed by atoms with van der Waals surface area (Å²) in [6, 6.07) is 8.10. The fraction of sp³-hybridized carbons (Fsp3) is 0.348. The molecule has 1 aromatic carbocycles. The third-order valence-corrected chi connectivity index (χ3v) is 5.39. The maximum absolute atomic E-state index is 15.4. The summed E-state index contributed by atoms with van der Waals surface area (Å²) in [4.78, 5) is 13.7. The topological polar surface area (TPSA) is 62.1 Å². The van der Waals surface area contributed by atoms with Crippen LogP contribution in [0, 0.1) is 0 Å². The number of likely N-dealkylation sites (tertiary alicyclic amines) is 1. The molecule has 33 heavy (non-hydrogen) atoms. The molecule has 0 saturated carbocycles. The highest BCUT2D eigenvalue weighted by Gasteiger charge is 2.33. The van der Waals surface area contributed by atoms with Crippen molar-refractivity contribution in [2.24, 2.45) is 9.98 Å². The number of methoxy groups -OCH3 is 1. The minimum Gasteiger partial charge on any atom is -0.481 e. The second kappa shape index (κ2) is 10.5. The molecular formula is C23H25F4N5O. The number of amidine groups is 1. The Morgan fingerprint density at radius 2 is 1.97 bits per heavy atom. The Morgan fingerprint density at radius 3 is 2.52 bits per heavy atom. The van der Waals surface area contributed by atoms with Gasteiger partial charge in [-0.2, -0.15) is 17.6 Å². The van der Waals surface area contributed by atoms with Crippen molar-refractivity contribution in [1.29, 1.82) is 0 Å². The van der Waals surface area contributed by atoms with E-state index in [4.69, 9.17) is 4.74 Å². The average Bonchev–Trinajstić information content (AvgIpc) is 3.29. The summed E-state index contributed by atoms with van der Waals surface area (Å²) < 4.78 is 59.2. The number of pyridine rings is 1. The van der Waals surface area contributed by atoms with Gasteiger partial charge < -0.3 is 15.0 Å². The molecule has 1 fully saturated rings. The van der Waals surface area contributed by atoms with E-state index in [2.05, 4.69) is 27.0 Å². The number of nitrogens with one attached hydrogen (secondary N) is 1. The largest absolute Gasteiger partial charge is 0.481 e. The highest BCUT2D eigenvalue weighted by molar-refractivity contribution is 5.96. The van der Waals surface area contributed by atoms with Gasteiger partial charge in [0.15, 0.2) is 11.7 Å². The van der Waals surface area contributed by atoms with E-state index < -0.39 is 17.6 Å². The lowest BCUT2D eigenvalue weighted by Crippen LogP contribution is -2.29. The highest BCUT2D eigenvalue weighted by Crippen LogP contribution is 2.38. The highest BCUT2D eigenvalue weighted by atomic mass is 19.4. The predicted octanol–water partition coefficient (Wildman–Crippen LogP) is 4.90. The zero-order valence-corrected chi connectivity index (χ0v) is 18.4. The van der Waals surface area contributed by atoms with Gasteiger partial charge in [-0.3, -0.25) is 4.99 Å². The number of hydrogen-bond acceptors (Lipinski definition) is 5. The number of aromatic nitrogens is 1. The molecule has 0 bridgehead atoms. The molecule has 10 heteroatoms. The minimum atomic E-state index is -4.41. The Hall–Kier alpha value is -3.43. The summed E-state index contributed by atoms with van der Waals surface area (Å²) in [7, 11) is 2.97. The summed E-state index contributed by atoms with van der Waals surface area (Å²) >= 11 is 0. The molecule has 1 N–H and O–H groups in total. The number of nitrogens with zero attached hydrogens (tertiary/aromatic N) is 4. The van der Waals surface area contributed by atoms with E-state index in [1.165, 1.54) is 26.3 Å². The van der Waals surface area contributed by atoms with Gasteiger partial charge in [-0.25, -0.2) is 9.98 Å². The fourth-order valence-electron chi connectivity index (χ4n) is 3.73. The molecule has 3 rings (SSSR count). The molecule has 1 aromatic heterocycles. The van der Waals surface area contributed by atoms with Crippen LogP contribution in [0.2, 0.25) is 0 Å². The van der Waals surface area contributed by atoms with Crippen LogP contribution in [-0.2, 0) is 12.7 Å². The van der Waals surface area contributed by atoms with E-state index in [1.807, 2.05) is 0 Å². The number of alkyl halides is 3. The summed E-state index contributed by atoms with van der Waals surface area (Å²) in [6.07, 6.45) is -1.41. The van der Waals surface area contributed by atoms with Crippen molar-refractivity contribution in [3.8, 4) is 5.88 Å². The van der Waals surface area contributed by atoms with E-state index in [1.54, 1.807) is 23.2 Å². The van der Waals surface area contributed by atoms with Crippen LogP contribution >= 0.6 is 0 Å². The van der Waals surface area contributed by atoms with Gasteiger partial charge in [-0.05, 0) is 42.8 Å². The molecule has 176 valence electrons. The van der Waals surface area contributed by atoms with E-state index in [-0.39, 0.29) is 24.2 Å². The van der Waals surface area contributed by atoms with Gasteiger partial charge in [0.1, 0.15) is 0 Å². The molecule has 0 aliphatic carbocycles. The van der Waals surface area contributed by atoms with Gasteiger partial charge >= 0.3 is 6.18 Å². The SMILES string of the molecule is C=N/C(=C(/F)C(=NC)NCc1ccc(OC)nc1)N1CCCC1c1ccc(C(F)(F)F)cc1. The molecule has 2 aromatic rings. The standard InChI is InChI=1S/C23H25F4N5O/c1-28-21(31-14-15-6-11-19(33-3)30-13-15)20(24)22(29-2)32-12-4-5-18(32)16-7-9-17(10-8-16)23(25,26)27/h6-11,13,18H,2,4-5,12,14H2,1,3H3,(H,28,31)/b22-20-. The monoisotopic (exact) mass is 463 g/mol. The van der Waals surface area contributed by atoms with E-state index in [9.17, 15) is 13.2 Å². The van der Waals surface area contributed by atoms with Crippen molar-refractivity contribution in [3.05, 3.63) is 70.9 Å². The van der Waals surface area contributed by atoms with E-state index >= 15 is 4.39 Å². The van der Waals surface area contributed by atoms with Crippen molar-refractivity contribution >= 4 is 12.6 Å². The number of ether oxygens (including phenoxy) is 1. The molecule has 1 aliphatic heterocycles. The Balaban J connectivity index is 1.80. The molecule has 1 saturated heterocycles. The smallest absolute Gasteiger partial charge is 0.416 e. The van der Waals surface area contributed by atoms with Gasteiger partial charge in [-0.1, -0.05) is 18.2 Å². The predicted molar refractivity (Wildman–Crippen MR) is 119 cm³/mol. The van der Waals surface area contributed by atoms with Gasteiger partial charge in [-0.15, -0.1) is 0 Å². The van der Waals surface area contributed by atoms with E-state index in [0.29, 0.717) is 24.4 Å². The maximum Gasteiger partial charge on any atom is 0.416 e. The third-order valence-electron chi connectivity index (χ3n) is 5.39. The first kappa shape index (κ1) is 24.2. The Labute approximate surface area is 189 Å². The zero-order valence-electron chi connectivity index (χ0n) is 18.4. The van der Waals surface area contributed by atoms with Gasteiger partial charge in [0, 0.05) is 32.4 Å². The van der Waals surface area contributed by atoms with Crippen LogP contribution in [0.4, 0.5) is 17.6 Å². The molecule has 0 spiro atoms. The Morgan fingerprint density at radius 1 is 1.24 bits per heavy atom. The second-order valence-electron chi connectivity index (χ2n) is 7.40. The first-order chi connectivity index (χ1) is 15.8. The van der Waals surface area contributed by atoms with Crippen molar-refractivity contribution < 1.29 is 22.3 Å². The molecule has 1 aliphatic rings. The Kier molecular flexibility index (Phi) is 7.67. The summed E-state index contributed by atoms with van der Waals surface area (Å²) in [5, 5.41) is 2.94. The Bertz CT molecular complexity index is 1020. The molecule has 1 atom stereocenters. The van der Waals surface area contributed by atoms with Crippen LogP contribution < -0.4 is 10.1 Å². The van der Waals surface area contributed by atoms with Crippen molar-refractivity contribution in [2.45, 2.75) is 31.6 Å². The van der Waals surface area contributed by atoms with Gasteiger partial charge in [0.05, 0.1) is 18.7 Å². The molecule has 0 radical (unpaired) electrons. The van der Waals surface area contributed by atoms with Crippen LogP contribution in [0.3, 0.4) is 0 Å². The number of aliphatic imine (C=N–C) groups is 2. The summed E-state index contributed by atoms with van der Waals surface area (Å²) in [6.45, 7) is 4.27. The van der Waals surface area contributed by atoms with Crippen LogP contribution in [0.25, 0.3) is 0 Å². The van der Waals surface area contributed by atoms with Gasteiger partial charge in [0.25, 0.3) is 0 Å². The van der Waals surface area contributed by atoms with Crippen molar-refractivity contribution in [1.82, 2.24) is 15.2 Å². The van der Waals surface area contributed by atoms with Crippen LogP contribution in [0.15, 0.2) is 64.2 Å². The number of halogens is 4. The fourth-order valence-corrected chi connectivity index (χ4v) is 3.73. The number of hydrogen-bond donors (Lipinski definition) is 1. The normalized spacial score (nSPS) is 17.6. The lowest BCUT2D eigenvalue weighted by Gasteiger charge is -2.28. The molecule has 1 unspecified atom stereocenters. The lowest BCUT2D eigenvalue weighted by molar-refractivity contribution is -0.137. The molecule has 0 amide bonds. The first-order valence-electron chi connectivity index (χ1n) is 10.3. The molecular weight excluding hydrogens is 438 g/mol. The summed E-state index contributed by atoms with van der Waals surface area (Å²) in [5.41, 5.74) is 0.723. The van der Waals surface area contributed by atoms with Crippen LogP contribution in [-0.4, -0.2) is 43.1 Å². The van der Waals surface area contributed by atoms with Crippen LogP contribution in [0.1, 0.15) is 35.6 Å². The third kappa shape index (κ3) is 5.68. The summed E-state index contributed by atoms with van der Waals surface area (Å²) in [5.74, 6) is -0.229. The number of rotatable bonds is 7. The second-order valence-corrected chi connectivity index (χ2v) is 7.40. The molecule has 6 nitrogen and oxygen atoms in total. The number of benzene rings is 1. The zero-order chi connectivity index (χ0) is 24.0. The van der Waals surface area contributed by atoms with Crippen LogP contribution in [0.5, 0.6) is 5.88 Å². The van der Waals surface area contributed by atoms with E-state index in [0.717, 1.165) is 24.1 Å². The van der Waals surface area contributed by atoms with Crippen molar-refractivity contribution in [2.75, 3.05) is 20.7 Å². The quantitative estimate of drug-likeness (QED) is 0.360. The van der Waals surface area contributed by atoms with Gasteiger partial charge in [0.2, 0.25) is 11.7 Å². The first-order valence-corrected chi connectivity index (χ1v) is 10.3. The lowest BCUT2D eigenvalue weighted by atomic mass is 10.0.